The molecule has 1 heterocycles. The minimum Gasteiger partial charge on any atom is -0.465 e. The van der Waals surface area contributed by atoms with Crippen LogP contribution in [0.1, 0.15) is 23.1 Å². The molecule has 0 spiro atoms. The first-order valence-corrected chi connectivity index (χ1v) is 7.79. The minimum atomic E-state index is -0.210. The number of hydrogen-bond acceptors (Lipinski definition) is 3. The number of carbonyl (C=O) groups is 1. The lowest BCUT2D eigenvalue weighted by Crippen LogP contribution is -2.09. The molecule has 2 aromatic carbocycles. The van der Waals surface area contributed by atoms with Crippen LogP contribution in [0.5, 0.6) is 0 Å². The molecule has 3 rings (SSSR count). The molecule has 3 nitrogen and oxygen atoms in total. The number of hydrogen-bond donors (Lipinski definition) is 0. The molecular weight excluding hydrogens is 286 g/mol. The number of ether oxygens (including phenoxy) is 1. The molecule has 23 heavy (non-hydrogen) atoms. The van der Waals surface area contributed by atoms with E-state index >= 15 is 0 Å². The molecule has 0 atom stereocenters. The van der Waals surface area contributed by atoms with Crippen LogP contribution in [0, 0.1) is 0 Å². The van der Waals surface area contributed by atoms with E-state index in [9.17, 15) is 4.79 Å². The third kappa shape index (κ3) is 4.39. The Balaban J connectivity index is 1.54. The summed E-state index contributed by atoms with van der Waals surface area (Å²) in [7, 11) is 0. The number of benzene rings is 2. The maximum Gasteiger partial charge on any atom is 0.310 e. The van der Waals surface area contributed by atoms with E-state index in [1.807, 2.05) is 54.6 Å². The van der Waals surface area contributed by atoms with Gasteiger partial charge >= 0.3 is 5.97 Å². The van der Waals surface area contributed by atoms with Crippen LogP contribution in [0.15, 0.2) is 65.2 Å². The Morgan fingerprint density at radius 2 is 1.83 bits per heavy atom. The first kappa shape index (κ1) is 15.2. The van der Waals surface area contributed by atoms with Crippen molar-refractivity contribution in [3.63, 3.8) is 0 Å². The Bertz CT molecular complexity index is 732. The van der Waals surface area contributed by atoms with Gasteiger partial charge in [-0.05, 0) is 28.3 Å². The van der Waals surface area contributed by atoms with Crippen LogP contribution in [-0.2, 0) is 22.5 Å². The van der Waals surface area contributed by atoms with Gasteiger partial charge in [-0.3, -0.25) is 9.79 Å². The number of carbonyl (C=O) groups excluding carboxylic acids is 1. The normalized spacial score (nSPS) is 13.0. The molecule has 0 bridgehead atoms. The highest BCUT2D eigenvalue weighted by Gasteiger charge is 2.10. The fourth-order valence-corrected chi connectivity index (χ4v) is 2.56. The van der Waals surface area contributed by atoms with Crippen molar-refractivity contribution < 1.29 is 9.53 Å². The van der Waals surface area contributed by atoms with Gasteiger partial charge in [-0.15, -0.1) is 0 Å². The van der Waals surface area contributed by atoms with Crippen molar-refractivity contribution >= 4 is 18.3 Å². The van der Waals surface area contributed by atoms with Gasteiger partial charge in [-0.1, -0.05) is 54.6 Å². The quantitative estimate of drug-likeness (QED) is 0.787. The van der Waals surface area contributed by atoms with Crippen LogP contribution in [0.4, 0.5) is 0 Å². The zero-order chi connectivity index (χ0) is 15.9. The van der Waals surface area contributed by atoms with E-state index in [2.05, 4.69) is 11.1 Å². The molecule has 0 unspecified atom stereocenters. The second-order valence-corrected chi connectivity index (χ2v) is 5.52. The van der Waals surface area contributed by atoms with Crippen LogP contribution in [0.25, 0.3) is 6.08 Å². The van der Waals surface area contributed by atoms with Gasteiger partial charge in [0, 0.05) is 12.6 Å². The summed E-state index contributed by atoms with van der Waals surface area (Å²) in [5, 5.41) is 0. The lowest BCUT2D eigenvalue weighted by atomic mass is 10.0. The van der Waals surface area contributed by atoms with Crippen molar-refractivity contribution in [3.8, 4) is 0 Å². The van der Waals surface area contributed by atoms with Crippen LogP contribution >= 0.6 is 0 Å². The Morgan fingerprint density at radius 1 is 1.04 bits per heavy atom. The predicted octanol–water partition coefficient (Wildman–Crippen LogP) is 3.83. The fourth-order valence-electron chi connectivity index (χ4n) is 2.56. The van der Waals surface area contributed by atoms with Gasteiger partial charge in [0.2, 0.25) is 0 Å². The molecule has 0 aromatic heterocycles. The molecule has 0 amide bonds. The molecule has 0 saturated carbocycles. The van der Waals surface area contributed by atoms with Crippen molar-refractivity contribution in [2.75, 3.05) is 6.61 Å². The van der Waals surface area contributed by atoms with E-state index in [0.29, 0.717) is 13.2 Å². The first-order chi connectivity index (χ1) is 11.3. The largest absolute Gasteiger partial charge is 0.465 e. The van der Waals surface area contributed by atoms with Crippen molar-refractivity contribution in [1.29, 1.82) is 0 Å². The average molecular weight is 305 g/mol. The highest BCUT2D eigenvalue weighted by Crippen LogP contribution is 2.18. The van der Waals surface area contributed by atoms with E-state index in [1.54, 1.807) is 6.21 Å². The van der Waals surface area contributed by atoms with E-state index < -0.39 is 0 Å². The van der Waals surface area contributed by atoms with Gasteiger partial charge in [0.1, 0.15) is 0 Å². The zero-order valence-corrected chi connectivity index (χ0v) is 12.9. The zero-order valence-electron chi connectivity index (χ0n) is 12.9. The summed E-state index contributed by atoms with van der Waals surface area (Å²) in [6.45, 7) is 1.06. The van der Waals surface area contributed by atoms with E-state index in [0.717, 1.165) is 17.6 Å². The van der Waals surface area contributed by atoms with Crippen molar-refractivity contribution in [3.05, 3.63) is 76.9 Å². The lowest BCUT2D eigenvalue weighted by Gasteiger charge is -2.05. The van der Waals surface area contributed by atoms with Crippen LogP contribution in [0.3, 0.4) is 0 Å². The molecule has 0 aliphatic carbocycles. The summed E-state index contributed by atoms with van der Waals surface area (Å²) in [5.74, 6) is -0.210. The molecule has 2 aromatic rings. The lowest BCUT2D eigenvalue weighted by molar-refractivity contribution is -0.142. The Kier molecular flexibility index (Phi) is 4.99. The molecular formula is C20H19NO2. The summed E-state index contributed by atoms with van der Waals surface area (Å²) in [4.78, 5) is 16.4. The molecule has 116 valence electrons. The summed E-state index contributed by atoms with van der Waals surface area (Å²) >= 11 is 0. The van der Waals surface area contributed by atoms with Crippen LogP contribution in [0.2, 0.25) is 0 Å². The molecule has 0 N–H and O–H groups in total. The Labute approximate surface area is 136 Å². The molecule has 1 aliphatic rings. The number of aliphatic imine (C=N–C) groups is 1. The molecule has 3 heteroatoms. The smallest absolute Gasteiger partial charge is 0.310 e. The highest BCUT2D eigenvalue weighted by atomic mass is 16.5. The van der Waals surface area contributed by atoms with Crippen LogP contribution in [-0.4, -0.2) is 18.8 Å². The van der Waals surface area contributed by atoms with Gasteiger partial charge < -0.3 is 4.74 Å². The van der Waals surface area contributed by atoms with E-state index in [-0.39, 0.29) is 12.4 Å². The predicted molar refractivity (Wildman–Crippen MR) is 92.3 cm³/mol. The first-order valence-electron chi connectivity index (χ1n) is 7.79. The summed E-state index contributed by atoms with van der Waals surface area (Å²) in [6.07, 6.45) is 4.79. The second kappa shape index (κ2) is 7.54. The fraction of sp³-hybridized carbons (Fsp3) is 0.200. The molecule has 0 fully saturated rings. The van der Waals surface area contributed by atoms with Gasteiger partial charge in [0.15, 0.2) is 0 Å². The van der Waals surface area contributed by atoms with Gasteiger partial charge in [-0.25, -0.2) is 0 Å². The summed E-state index contributed by atoms with van der Waals surface area (Å²) in [5.41, 5.74) is 4.36. The average Bonchev–Trinajstić information content (AvgIpc) is 2.77. The highest BCUT2D eigenvalue weighted by molar-refractivity contribution is 5.93. The SMILES string of the molecule is O=C(CC1=Cc2ccccc2CN=C1)OCCc1ccccc1. The van der Waals surface area contributed by atoms with E-state index in [1.165, 1.54) is 11.1 Å². The molecule has 0 radical (unpaired) electrons. The van der Waals surface area contributed by atoms with Crippen molar-refractivity contribution in [2.45, 2.75) is 19.4 Å². The number of fused-ring (bicyclic) bond motifs is 1. The maximum absolute atomic E-state index is 12.0. The molecule has 1 aliphatic heterocycles. The third-order valence-electron chi connectivity index (χ3n) is 3.76. The van der Waals surface area contributed by atoms with Crippen molar-refractivity contribution in [2.24, 2.45) is 4.99 Å². The summed E-state index contributed by atoms with van der Waals surface area (Å²) in [6, 6.07) is 18.1. The van der Waals surface area contributed by atoms with E-state index in [4.69, 9.17) is 4.74 Å². The standard InChI is InChI=1S/C20H19NO2/c22-20(23-11-10-16-6-2-1-3-7-16)13-17-12-18-8-4-5-9-19(18)15-21-14-17/h1-9,12,14H,10-11,13,15H2. The summed E-state index contributed by atoms with van der Waals surface area (Å²) < 4.78 is 5.34. The van der Waals surface area contributed by atoms with Gasteiger partial charge in [0.05, 0.1) is 19.6 Å². The monoisotopic (exact) mass is 305 g/mol. The topological polar surface area (TPSA) is 38.7 Å². The number of rotatable bonds is 5. The van der Waals surface area contributed by atoms with Crippen molar-refractivity contribution in [1.82, 2.24) is 0 Å². The van der Waals surface area contributed by atoms with Gasteiger partial charge in [-0.2, -0.15) is 0 Å². The van der Waals surface area contributed by atoms with Gasteiger partial charge in [0.25, 0.3) is 0 Å². The Hall–Kier alpha value is -2.68. The second-order valence-electron chi connectivity index (χ2n) is 5.52. The Morgan fingerprint density at radius 3 is 2.70 bits per heavy atom. The van der Waals surface area contributed by atoms with Crippen LogP contribution < -0.4 is 0 Å². The number of esters is 1. The number of nitrogens with zero attached hydrogens (tertiary/aromatic N) is 1. The minimum absolute atomic E-state index is 0.210. The molecule has 0 saturated heterocycles. The maximum atomic E-state index is 12.0. The third-order valence-corrected chi connectivity index (χ3v) is 3.76.